The molecule has 3 aromatic rings. The van der Waals surface area contributed by atoms with Gasteiger partial charge in [-0.3, -0.25) is 5.32 Å². The van der Waals surface area contributed by atoms with E-state index in [1.165, 1.54) is 11.3 Å². The number of hydrogen-bond acceptors (Lipinski definition) is 3. The summed E-state index contributed by atoms with van der Waals surface area (Å²) in [5.74, 6) is 0.889. The van der Waals surface area contributed by atoms with E-state index in [2.05, 4.69) is 37.3 Å². The molecular weight excluding hydrogens is 314 g/mol. The molecule has 4 rings (SSSR count). The first-order valence-corrected chi connectivity index (χ1v) is 8.38. The lowest BCUT2D eigenvalue weighted by Gasteiger charge is -2.24. The number of urea groups is 1. The Bertz CT molecular complexity index is 857. The minimum Gasteiger partial charge on any atom is -0.334 e. The topological polar surface area (TPSA) is 71.8 Å². The molecule has 1 aliphatic rings. The summed E-state index contributed by atoms with van der Waals surface area (Å²) in [5.41, 5.74) is 3.26. The Hall–Kier alpha value is -3.15. The van der Waals surface area contributed by atoms with Gasteiger partial charge in [0.05, 0.1) is 6.33 Å². The first kappa shape index (κ1) is 15.4. The highest BCUT2D eigenvalue weighted by atomic mass is 16.2. The monoisotopic (exact) mass is 333 g/mol. The van der Waals surface area contributed by atoms with Gasteiger partial charge in [-0.2, -0.15) is 0 Å². The summed E-state index contributed by atoms with van der Waals surface area (Å²) in [5, 5.41) is 5.53. The van der Waals surface area contributed by atoms with E-state index < -0.39 is 0 Å². The third-order valence-electron chi connectivity index (χ3n) is 4.47. The third-order valence-corrected chi connectivity index (χ3v) is 4.47. The van der Waals surface area contributed by atoms with E-state index in [9.17, 15) is 4.79 Å². The Morgan fingerprint density at radius 3 is 2.80 bits per heavy atom. The van der Waals surface area contributed by atoms with Crippen molar-refractivity contribution >= 4 is 17.5 Å². The molecule has 1 aliphatic heterocycles. The van der Waals surface area contributed by atoms with Crippen LogP contribution in [0.15, 0.2) is 61.2 Å². The third kappa shape index (κ3) is 3.38. The van der Waals surface area contributed by atoms with Crippen molar-refractivity contribution in [2.24, 2.45) is 0 Å². The average Bonchev–Trinajstić information content (AvgIpc) is 3.12. The van der Waals surface area contributed by atoms with Crippen LogP contribution in [0.4, 0.5) is 16.3 Å². The van der Waals surface area contributed by atoms with Gasteiger partial charge in [0.25, 0.3) is 0 Å². The molecule has 0 saturated carbocycles. The zero-order chi connectivity index (χ0) is 17.1. The highest BCUT2D eigenvalue weighted by Gasteiger charge is 2.21. The van der Waals surface area contributed by atoms with Gasteiger partial charge in [-0.1, -0.05) is 18.2 Å². The number of rotatable bonds is 3. The van der Waals surface area contributed by atoms with E-state index in [-0.39, 0.29) is 6.03 Å². The van der Waals surface area contributed by atoms with E-state index >= 15 is 0 Å². The van der Waals surface area contributed by atoms with E-state index in [4.69, 9.17) is 0 Å². The fourth-order valence-corrected chi connectivity index (χ4v) is 3.27. The molecule has 0 saturated heterocycles. The van der Waals surface area contributed by atoms with Crippen molar-refractivity contribution < 1.29 is 4.79 Å². The summed E-state index contributed by atoms with van der Waals surface area (Å²) < 4.78 is 2.22. The lowest BCUT2D eigenvalue weighted by Crippen LogP contribution is -2.20. The van der Waals surface area contributed by atoms with Gasteiger partial charge in [0.15, 0.2) is 0 Å². The molecule has 1 aromatic carbocycles. The van der Waals surface area contributed by atoms with E-state index in [0.29, 0.717) is 11.7 Å². The largest absolute Gasteiger partial charge is 0.334 e. The number of imidazole rings is 1. The molecule has 2 aromatic heterocycles. The van der Waals surface area contributed by atoms with Crippen molar-refractivity contribution in [3.63, 3.8) is 0 Å². The number of carbonyl (C=O) groups is 1. The molecule has 0 bridgehead atoms. The molecule has 6 nitrogen and oxygen atoms in total. The van der Waals surface area contributed by atoms with E-state index in [1.807, 2.05) is 30.7 Å². The van der Waals surface area contributed by atoms with Gasteiger partial charge >= 0.3 is 6.03 Å². The predicted molar refractivity (Wildman–Crippen MR) is 96.6 cm³/mol. The summed E-state index contributed by atoms with van der Waals surface area (Å²) in [6, 6.07) is 13.1. The number of nitrogens with one attached hydrogen (secondary N) is 2. The van der Waals surface area contributed by atoms with Gasteiger partial charge in [0.1, 0.15) is 5.82 Å². The molecule has 0 aliphatic carbocycles. The van der Waals surface area contributed by atoms with Crippen molar-refractivity contribution in [1.82, 2.24) is 14.5 Å². The van der Waals surface area contributed by atoms with Gasteiger partial charge in [0.2, 0.25) is 0 Å². The van der Waals surface area contributed by atoms with Crippen LogP contribution in [0, 0.1) is 0 Å². The van der Waals surface area contributed by atoms with Gasteiger partial charge in [-0.25, -0.2) is 14.8 Å². The Morgan fingerprint density at radius 1 is 1.12 bits per heavy atom. The maximum Gasteiger partial charge on any atom is 0.324 e. The van der Waals surface area contributed by atoms with Crippen molar-refractivity contribution in [3.05, 3.63) is 72.4 Å². The van der Waals surface area contributed by atoms with Crippen LogP contribution in [-0.4, -0.2) is 20.6 Å². The Kier molecular flexibility index (Phi) is 4.16. The van der Waals surface area contributed by atoms with Crippen LogP contribution in [0.3, 0.4) is 0 Å². The zero-order valence-corrected chi connectivity index (χ0v) is 13.7. The Morgan fingerprint density at radius 2 is 2.00 bits per heavy atom. The quantitative estimate of drug-likeness (QED) is 0.765. The molecule has 2 amide bonds. The molecular formula is C19H19N5O. The molecule has 126 valence electrons. The van der Waals surface area contributed by atoms with Crippen molar-refractivity contribution in [3.8, 4) is 0 Å². The average molecular weight is 333 g/mol. The standard InChI is InChI=1S/C19H19N5O/c25-19(23-18-5-1-2-10-21-18)22-15-8-6-14(7-9-15)16-4-3-11-24-13-20-12-17(16)24/h1-2,5-10,12-13,16H,3-4,11H2,(H2,21,22,23,25)/t16-/m0/s1. The molecule has 25 heavy (non-hydrogen) atoms. The van der Waals surface area contributed by atoms with Gasteiger partial charge in [-0.05, 0) is 42.7 Å². The number of nitrogens with zero attached hydrogens (tertiary/aromatic N) is 3. The van der Waals surface area contributed by atoms with Crippen LogP contribution in [-0.2, 0) is 6.54 Å². The van der Waals surface area contributed by atoms with Crippen LogP contribution in [0.1, 0.15) is 30.0 Å². The molecule has 0 unspecified atom stereocenters. The second-order valence-corrected chi connectivity index (χ2v) is 6.12. The summed E-state index contributed by atoms with van der Waals surface area (Å²) >= 11 is 0. The van der Waals surface area contributed by atoms with Gasteiger partial charge in [-0.15, -0.1) is 0 Å². The van der Waals surface area contributed by atoms with Crippen molar-refractivity contribution in [2.45, 2.75) is 25.3 Å². The maximum absolute atomic E-state index is 12.0. The van der Waals surface area contributed by atoms with Gasteiger partial charge in [0, 0.05) is 36.2 Å². The Labute approximate surface area is 145 Å². The van der Waals surface area contributed by atoms with Crippen molar-refractivity contribution in [2.75, 3.05) is 10.6 Å². The molecule has 0 spiro atoms. The molecule has 0 radical (unpaired) electrons. The normalized spacial score (nSPS) is 16.1. The first-order chi connectivity index (χ1) is 12.3. The number of amides is 2. The smallest absolute Gasteiger partial charge is 0.324 e. The minimum atomic E-state index is -0.304. The summed E-state index contributed by atoms with van der Waals surface area (Å²) in [4.78, 5) is 20.4. The second kappa shape index (κ2) is 6.76. The SMILES string of the molecule is O=C(Nc1ccc([C@@H]2CCCn3cncc32)cc1)Nc1ccccn1. The van der Waals surface area contributed by atoms with E-state index in [1.54, 1.807) is 18.3 Å². The van der Waals surface area contributed by atoms with Crippen LogP contribution < -0.4 is 10.6 Å². The van der Waals surface area contributed by atoms with Crippen LogP contribution >= 0.6 is 0 Å². The number of fused-ring (bicyclic) bond motifs is 1. The molecule has 0 fully saturated rings. The predicted octanol–water partition coefficient (Wildman–Crippen LogP) is 3.85. The summed E-state index contributed by atoms with van der Waals surface area (Å²) in [6.45, 7) is 1.04. The molecule has 6 heteroatoms. The number of aromatic nitrogens is 3. The molecule has 1 atom stereocenters. The highest BCUT2D eigenvalue weighted by Crippen LogP contribution is 2.33. The Balaban J connectivity index is 1.44. The number of pyridine rings is 1. The number of anilines is 2. The van der Waals surface area contributed by atoms with Gasteiger partial charge < -0.3 is 9.88 Å². The van der Waals surface area contributed by atoms with Crippen LogP contribution in [0.2, 0.25) is 0 Å². The lowest BCUT2D eigenvalue weighted by molar-refractivity contribution is 0.262. The number of hydrogen-bond donors (Lipinski definition) is 2. The maximum atomic E-state index is 12.0. The number of aryl methyl sites for hydroxylation is 1. The minimum absolute atomic E-state index is 0.304. The van der Waals surface area contributed by atoms with Crippen molar-refractivity contribution in [1.29, 1.82) is 0 Å². The number of carbonyl (C=O) groups excluding carboxylic acids is 1. The molecule has 3 heterocycles. The summed E-state index contributed by atoms with van der Waals surface area (Å²) in [7, 11) is 0. The highest BCUT2D eigenvalue weighted by molar-refractivity contribution is 5.99. The lowest BCUT2D eigenvalue weighted by atomic mass is 9.89. The zero-order valence-electron chi connectivity index (χ0n) is 13.7. The molecule has 2 N–H and O–H groups in total. The fraction of sp³-hybridized carbons (Fsp3) is 0.211. The number of benzene rings is 1. The van der Waals surface area contributed by atoms with Crippen LogP contribution in [0.25, 0.3) is 0 Å². The first-order valence-electron chi connectivity index (χ1n) is 8.38. The summed E-state index contributed by atoms with van der Waals surface area (Å²) in [6.07, 6.45) is 7.77. The van der Waals surface area contributed by atoms with Crippen LogP contribution in [0.5, 0.6) is 0 Å². The van der Waals surface area contributed by atoms with E-state index in [0.717, 1.165) is 25.1 Å². The second-order valence-electron chi connectivity index (χ2n) is 6.12. The fourth-order valence-electron chi connectivity index (χ4n) is 3.27.